The molecule has 138 valence electrons. The van der Waals surface area contributed by atoms with Crippen molar-refractivity contribution in [2.75, 3.05) is 38.7 Å². The van der Waals surface area contributed by atoms with Crippen LogP contribution in [0.5, 0.6) is 5.75 Å². The van der Waals surface area contributed by atoms with Gasteiger partial charge in [0.2, 0.25) is 0 Å². The summed E-state index contributed by atoms with van der Waals surface area (Å²) in [5.41, 5.74) is -0.0775. The maximum absolute atomic E-state index is 11.9. The smallest absolute Gasteiger partial charge is 0.411 e. The van der Waals surface area contributed by atoms with Crippen molar-refractivity contribution in [1.29, 1.82) is 0 Å². The highest BCUT2D eigenvalue weighted by Crippen LogP contribution is 2.35. The summed E-state index contributed by atoms with van der Waals surface area (Å²) in [6, 6.07) is 2.43. The zero-order valence-electron chi connectivity index (χ0n) is 14.3. The van der Waals surface area contributed by atoms with Gasteiger partial charge in [0, 0.05) is 13.1 Å². The highest BCUT2D eigenvalue weighted by molar-refractivity contribution is 6.33. The first-order chi connectivity index (χ1) is 11.9. The van der Waals surface area contributed by atoms with Gasteiger partial charge in [-0.15, -0.1) is 0 Å². The number of nitrogens with one attached hydrogen (secondary N) is 1. The van der Waals surface area contributed by atoms with Crippen molar-refractivity contribution in [2.45, 2.75) is 19.8 Å². The number of methoxy groups -OCH3 is 1. The molecule has 1 fully saturated rings. The second-order valence-corrected chi connectivity index (χ2v) is 6.48. The number of nitrogens with zero attached hydrogens (tertiary/aromatic N) is 2. The molecule has 1 heterocycles. The van der Waals surface area contributed by atoms with Crippen LogP contribution in [0.4, 0.5) is 16.2 Å². The Morgan fingerprint density at radius 2 is 2.28 bits per heavy atom. The molecule has 1 amide bonds. The van der Waals surface area contributed by atoms with Crippen LogP contribution in [0.1, 0.15) is 19.8 Å². The van der Waals surface area contributed by atoms with Gasteiger partial charge in [0.25, 0.3) is 5.69 Å². The van der Waals surface area contributed by atoms with Crippen LogP contribution >= 0.6 is 11.6 Å². The van der Waals surface area contributed by atoms with Crippen LogP contribution in [0, 0.1) is 16.0 Å². The number of halogens is 1. The lowest BCUT2D eigenvalue weighted by Crippen LogP contribution is -2.37. The monoisotopic (exact) mass is 371 g/mol. The van der Waals surface area contributed by atoms with Crippen molar-refractivity contribution in [3.8, 4) is 5.75 Å². The van der Waals surface area contributed by atoms with Crippen LogP contribution in [0.15, 0.2) is 12.1 Å². The van der Waals surface area contributed by atoms with Crippen LogP contribution in [0.3, 0.4) is 0 Å². The van der Waals surface area contributed by atoms with Crippen LogP contribution in [-0.2, 0) is 4.74 Å². The lowest BCUT2D eigenvalue weighted by Gasteiger charge is -2.30. The van der Waals surface area contributed by atoms with E-state index in [1.165, 1.54) is 19.6 Å². The van der Waals surface area contributed by atoms with E-state index >= 15 is 0 Å². The van der Waals surface area contributed by atoms with Gasteiger partial charge in [0.15, 0.2) is 0 Å². The second-order valence-electron chi connectivity index (χ2n) is 6.07. The molecule has 1 unspecified atom stereocenters. The number of rotatable bonds is 6. The lowest BCUT2D eigenvalue weighted by atomic mass is 10.0. The SMILES string of the molecule is COc1cc([N+](=O)[O-])c(Cl)cc1NC(=O)OCCN1CCCC(C)C1. The third-order valence-electron chi connectivity index (χ3n) is 4.08. The number of hydrogen-bond donors (Lipinski definition) is 1. The fourth-order valence-electron chi connectivity index (χ4n) is 2.85. The quantitative estimate of drug-likeness (QED) is 0.607. The summed E-state index contributed by atoms with van der Waals surface area (Å²) >= 11 is 5.86. The Balaban J connectivity index is 1.89. The summed E-state index contributed by atoms with van der Waals surface area (Å²) in [6.45, 7) is 5.18. The minimum Gasteiger partial charge on any atom is -0.494 e. The first-order valence-corrected chi connectivity index (χ1v) is 8.46. The molecular weight excluding hydrogens is 350 g/mol. The first-order valence-electron chi connectivity index (χ1n) is 8.08. The standard InChI is InChI=1S/C16H22ClN3O5/c1-11-4-3-5-19(10-11)6-7-25-16(21)18-13-8-12(17)14(20(22)23)9-15(13)24-2/h8-9,11H,3-7,10H2,1-2H3,(H,18,21). The molecular formula is C16H22ClN3O5. The Morgan fingerprint density at radius 1 is 1.52 bits per heavy atom. The summed E-state index contributed by atoms with van der Waals surface area (Å²) < 4.78 is 10.2. The van der Waals surface area contributed by atoms with Gasteiger partial charge in [-0.3, -0.25) is 20.3 Å². The van der Waals surface area contributed by atoms with Gasteiger partial charge in [0.05, 0.1) is 23.8 Å². The highest BCUT2D eigenvalue weighted by atomic mass is 35.5. The molecule has 2 rings (SSSR count). The molecule has 0 saturated carbocycles. The van der Waals surface area contributed by atoms with Crippen LogP contribution < -0.4 is 10.1 Å². The summed E-state index contributed by atoms with van der Waals surface area (Å²) in [4.78, 5) is 24.5. The van der Waals surface area contributed by atoms with Gasteiger partial charge in [-0.25, -0.2) is 4.79 Å². The number of anilines is 1. The van der Waals surface area contributed by atoms with E-state index in [9.17, 15) is 14.9 Å². The van der Waals surface area contributed by atoms with Gasteiger partial charge in [-0.05, 0) is 31.4 Å². The third-order valence-corrected chi connectivity index (χ3v) is 4.39. The molecule has 0 radical (unpaired) electrons. The molecule has 25 heavy (non-hydrogen) atoms. The number of benzene rings is 1. The molecule has 8 nitrogen and oxygen atoms in total. The summed E-state index contributed by atoms with van der Waals surface area (Å²) in [7, 11) is 1.35. The number of nitro benzene ring substituents is 1. The highest BCUT2D eigenvalue weighted by Gasteiger charge is 2.20. The number of hydrogen-bond acceptors (Lipinski definition) is 6. The number of carbonyl (C=O) groups is 1. The Hall–Kier alpha value is -2.06. The van der Waals surface area contributed by atoms with Crippen LogP contribution in [0.25, 0.3) is 0 Å². The van der Waals surface area contributed by atoms with E-state index < -0.39 is 11.0 Å². The largest absolute Gasteiger partial charge is 0.494 e. The molecule has 1 saturated heterocycles. The number of likely N-dealkylation sites (tertiary alicyclic amines) is 1. The van der Waals surface area contributed by atoms with Gasteiger partial charge in [-0.1, -0.05) is 18.5 Å². The van der Waals surface area contributed by atoms with E-state index in [2.05, 4.69) is 17.1 Å². The van der Waals surface area contributed by atoms with Crippen molar-refractivity contribution < 1.29 is 19.2 Å². The maximum atomic E-state index is 11.9. The Labute approximate surface area is 151 Å². The number of amides is 1. The van der Waals surface area contributed by atoms with E-state index in [4.69, 9.17) is 21.1 Å². The van der Waals surface area contributed by atoms with Gasteiger partial charge < -0.3 is 9.47 Å². The Kier molecular flexibility index (Phi) is 6.83. The van der Waals surface area contributed by atoms with Crippen LogP contribution in [-0.4, -0.2) is 49.3 Å². The molecule has 1 aromatic carbocycles. The fourth-order valence-corrected chi connectivity index (χ4v) is 3.09. The zero-order chi connectivity index (χ0) is 18.4. The molecule has 1 atom stereocenters. The molecule has 0 aromatic heterocycles. The average molecular weight is 372 g/mol. The van der Waals surface area contributed by atoms with Crippen molar-refractivity contribution in [3.63, 3.8) is 0 Å². The molecule has 1 aliphatic heterocycles. The maximum Gasteiger partial charge on any atom is 0.411 e. The minimum absolute atomic E-state index is 0.0941. The van der Waals surface area contributed by atoms with E-state index in [0.717, 1.165) is 25.6 Å². The third kappa shape index (κ3) is 5.47. The number of piperidine rings is 1. The molecule has 0 aliphatic carbocycles. The fraction of sp³-hybridized carbons (Fsp3) is 0.562. The van der Waals surface area contributed by atoms with Crippen molar-refractivity contribution in [1.82, 2.24) is 4.90 Å². The van der Waals surface area contributed by atoms with Crippen molar-refractivity contribution in [3.05, 3.63) is 27.3 Å². The topological polar surface area (TPSA) is 93.9 Å². The van der Waals surface area contributed by atoms with Crippen LogP contribution in [0.2, 0.25) is 5.02 Å². The summed E-state index contributed by atoms with van der Waals surface area (Å²) in [5, 5.41) is 13.3. The number of carbonyl (C=O) groups excluding carboxylic acids is 1. The minimum atomic E-state index is -0.659. The van der Waals surface area contributed by atoms with Gasteiger partial charge in [0.1, 0.15) is 17.4 Å². The Bertz CT molecular complexity index is 640. The Morgan fingerprint density at radius 3 is 2.92 bits per heavy atom. The summed E-state index contributed by atoms with van der Waals surface area (Å²) in [5.74, 6) is 0.798. The molecule has 0 spiro atoms. The predicted molar refractivity (Wildman–Crippen MR) is 94.5 cm³/mol. The normalized spacial score (nSPS) is 17.8. The molecule has 1 N–H and O–H groups in total. The van der Waals surface area contributed by atoms with E-state index in [0.29, 0.717) is 12.5 Å². The zero-order valence-corrected chi connectivity index (χ0v) is 15.0. The van der Waals surface area contributed by atoms with Crippen molar-refractivity contribution >= 4 is 29.1 Å². The number of ether oxygens (including phenoxy) is 2. The van der Waals surface area contributed by atoms with Crippen molar-refractivity contribution in [2.24, 2.45) is 5.92 Å². The molecule has 1 aliphatic rings. The molecule has 9 heteroatoms. The van der Waals surface area contributed by atoms with E-state index in [1.807, 2.05) is 0 Å². The van der Waals surface area contributed by atoms with Gasteiger partial charge in [-0.2, -0.15) is 0 Å². The average Bonchev–Trinajstić information content (AvgIpc) is 2.54. The van der Waals surface area contributed by atoms with E-state index in [-0.39, 0.29) is 28.8 Å². The predicted octanol–water partition coefficient (Wildman–Crippen LogP) is 3.54. The first kappa shape index (κ1) is 19.3. The second kappa shape index (κ2) is 8.87. The lowest BCUT2D eigenvalue weighted by molar-refractivity contribution is -0.384. The van der Waals surface area contributed by atoms with E-state index in [1.54, 1.807) is 0 Å². The molecule has 0 bridgehead atoms. The summed E-state index contributed by atoms with van der Waals surface area (Å²) in [6.07, 6.45) is 1.73. The number of nitro groups is 1. The van der Waals surface area contributed by atoms with Gasteiger partial charge >= 0.3 is 6.09 Å². The molecule has 1 aromatic rings.